The first-order chi connectivity index (χ1) is 21.7. The lowest BCUT2D eigenvalue weighted by Crippen LogP contribution is -2.27. The molecule has 230 valence electrons. The van der Waals surface area contributed by atoms with Crippen LogP contribution < -0.4 is 32.2 Å². The second-order valence-corrected chi connectivity index (χ2v) is 10.7. The maximum atomic E-state index is 13.2. The number of nitrogens with zero attached hydrogens (tertiary/aromatic N) is 4. The van der Waals surface area contributed by atoms with Gasteiger partial charge in [-0.2, -0.15) is 0 Å². The summed E-state index contributed by atoms with van der Waals surface area (Å²) in [4.78, 5) is 37.1. The van der Waals surface area contributed by atoms with Crippen molar-refractivity contribution in [2.45, 2.75) is 18.9 Å². The molecule has 0 aliphatic carbocycles. The van der Waals surface area contributed by atoms with Gasteiger partial charge in [0.15, 0.2) is 5.96 Å². The Bertz CT molecular complexity index is 1830. The van der Waals surface area contributed by atoms with Gasteiger partial charge in [-0.1, -0.05) is 30.3 Å². The number of carbonyl (C=O) groups is 2. The molecule has 11 nitrogen and oxygen atoms in total. The number of para-hydroxylation sites is 1. The zero-order chi connectivity index (χ0) is 31.9. The molecule has 1 atom stereocenters. The Morgan fingerprint density at radius 1 is 0.911 bits per heavy atom. The van der Waals surface area contributed by atoms with E-state index < -0.39 is 11.9 Å². The van der Waals surface area contributed by atoms with Gasteiger partial charge >= 0.3 is 0 Å². The van der Waals surface area contributed by atoms with Gasteiger partial charge in [0.25, 0.3) is 5.91 Å². The van der Waals surface area contributed by atoms with E-state index in [0.29, 0.717) is 64.6 Å². The van der Waals surface area contributed by atoms with Gasteiger partial charge in [-0.25, -0.2) is 4.98 Å². The summed E-state index contributed by atoms with van der Waals surface area (Å²) in [6.07, 6.45) is 0.880. The molecule has 0 spiro atoms. The lowest BCUT2D eigenvalue weighted by atomic mass is 10.1. The van der Waals surface area contributed by atoms with Gasteiger partial charge in [-0.3, -0.25) is 14.6 Å². The highest BCUT2D eigenvalue weighted by molar-refractivity contribution is 6.06. The zero-order valence-corrected chi connectivity index (χ0v) is 25.2. The fourth-order valence-electron chi connectivity index (χ4n) is 5.02. The number of aromatic nitrogens is 2. The van der Waals surface area contributed by atoms with Crippen LogP contribution in [0.1, 0.15) is 29.2 Å². The highest BCUT2D eigenvalue weighted by Crippen LogP contribution is 2.33. The monoisotopic (exact) mass is 604 g/mol. The summed E-state index contributed by atoms with van der Waals surface area (Å²) in [5.41, 5.74) is 20.9. The third kappa shape index (κ3) is 7.39. The van der Waals surface area contributed by atoms with Crippen LogP contribution in [0, 0.1) is 0 Å². The molecule has 7 N–H and O–H groups in total. The van der Waals surface area contributed by atoms with E-state index >= 15 is 0 Å². The first-order valence-electron chi connectivity index (χ1n) is 14.5. The number of hydrogen-bond donors (Lipinski definition) is 4. The summed E-state index contributed by atoms with van der Waals surface area (Å²) in [6, 6.07) is 28.9. The van der Waals surface area contributed by atoms with Gasteiger partial charge in [0.05, 0.1) is 11.0 Å². The molecule has 0 radical (unpaired) electrons. The number of benzene rings is 4. The van der Waals surface area contributed by atoms with Gasteiger partial charge in [-0.05, 0) is 79.6 Å². The second kappa shape index (κ2) is 13.6. The van der Waals surface area contributed by atoms with Crippen LogP contribution in [0.4, 0.5) is 11.4 Å². The van der Waals surface area contributed by atoms with E-state index in [-0.39, 0.29) is 11.9 Å². The minimum Gasteiger partial charge on any atom is -0.457 e. The Labute approximate surface area is 261 Å². The molecule has 5 rings (SSSR count). The normalized spacial score (nSPS) is 11.5. The fourth-order valence-corrected chi connectivity index (χ4v) is 5.02. The third-order valence-corrected chi connectivity index (χ3v) is 7.23. The smallest absolute Gasteiger partial charge is 0.255 e. The molecule has 0 aliphatic rings. The average Bonchev–Trinajstić information content (AvgIpc) is 3.40. The largest absolute Gasteiger partial charge is 0.457 e. The van der Waals surface area contributed by atoms with Gasteiger partial charge in [0, 0.05) is 43.1 Å². The number of amides is 2. The molecule has 5 aromatic rings. The van der Waals surface area contributed by atoms with Gasteiger partial charge < -0.3 is 36.7 Å². The summed E-state index contributed by atoms with van der Waals surface area (Å²) in [5.74, 6) is 0.957. The van der Waals surface area contributed by atoms with Crippen LogP contribution in [0.3, 0.4) is 0 Å². The van der Waals surface area contributed by atoms with Gasteiger partial charge in [0.2, 0.25) is 5.91 Å². The molecule has 2 amide bonds. The van der Waals surface area contributed by atoms with Crippen LogP contribution >= 0.6 is 0 Å². The Morgan fingerprint density at radius 2 is 1.64 bits per heavy atom. The van der Waals surface area contributed by atoms with Crippen LogP contribution in [0.15, 0.2) is 102 Å². The molecule has 4 aromatic carbocycles. The molecule has 0 saturated heterocycles. The number of rotatable bonds is 12. The maximum absolute atomic E-state index is 13.2. The second-order valence-electron chi connectivity index (χ2n) is 10.7. The molecule has 0 saturated carbocycles. The SMILES string of the molecule is CN(C)c1ccc(NC(=O)c2ccc3c(c2)nc(-c2cccc(Oc4ccccc4)c2)n3[C@@H](CCCN=C(N)N)C(N)=O)cc1. The third-order valence-electron chi connectivity index (χ3n) is 7.23. The molecule has 0 bridgehead atoms. The predicted octanol–water partition coefficient (Wildman–Crippen LogP) is 4.89. The Hall–Kier alpha value is -5.84. The van der Waals surface area contributed by atoms with Gasteiger partial charge in [-0.15, -0.1) is 0 Å². The van der Waals surface area contributed by atoms with E-state index in [9.17, 15) is 9.59 Å². The standard InChI is InChI=1S/C34H36N8O3/c1-41(2)25-16-14-24(15-17-25)39-33(44)23-13-18-29-28(21-23)40-32(42(29)30(31(35)43)12-7-19-38-34(36)37)22-8-6-11-27(20-22)45-26-9-4-3-5-10-26/h3-6,8-11,13-18,20-21,30H,7,12,19H2,1-2H3,(H2,35,43)(H,39,44)(H4,36,37,38)/t30-/m0/s1. The number of fused-ring (bicyclic) bond motifs is 1. The highest BCUT2D eigenvalue weighted by atomic mass is 16.5. The molecule has 0 fully saturated rings. The topological polar surface area (TPSA) is 167 Å². The minimum atomic E-state index is -0.757. The quantitative estimate of drug-likeness (QED) is 0.0893. The molecule has 1 heterocycles. The summed E-state index contributed by atoms with van der Waals surface area (Å²) in [5, 5.41) is 2.94. The summed E-state index contributed by atoms with van der Waals surface area (Å²) in [7, 11) is 3.91. The molecule has 11 heteroatoms. The Kier molecular flexibility index (Phi) is 9.28. The Morgan fingerprint density at radius 3 is 2.33 bits per heavy atom. The van der Waals surface area contributed by atoms with Crippen molar-refractivity contribution < 1.29 is 14.3 Å². The molecule has 1 aromatic heterocycles. The molecular formula is C34H36N8O3. The number of hydrogen-bond acceptors (Lipinski definition) is 6. The number of aliphatic imine (C=N–C) groups is 1. The number of nitrogens with one attached hydrogen (secondary N) is 1. The van der Waals surface area contributed by atoms with E-state index in [4.69, 9.17) is 26.9 Å². The van der Waals surface area contributed by atoms with Crippen molar-refractivity contribution in [2.75, 3.05) is 30.9 Å². The van der Waals surface area contributed by atoms with Crippen molar-refractivity contribution in [1.29, 1.82) is 0 Å². The maximum Gasteiger partial charge on any atom is 0.255 e. The van der Waals surface area contributed by atoms with Crippen molar-refractivity contribution in [3.63, 3.8) is 0 Å². The fraction of sp³-hybridized carbons (Fsp3) is 0.176. The highest BCUT2D eigenvalue weighted by Gasteiger charge is 2.25. The van der Waals surface area contributed by atoms with Crippen LogP contribution in [-0.2, 0) is 4.79 Å². The predicted molar refractivity (Wildman–Crippen MR) is 179 cm³/mol. The zero-order valence-electron chi connectivity index (χ0n) is 25.2. The summed E-state index contributed by atoms with van der Waals surface area (Å²) < 4.78 is 7.89. The van der Waals surface area contributed by atoms with Crippen molar-refractivity contribution in [3.05, 3.63) is 103 Å². The summed E-state index contributed by atoms with van der Waals surface area (Å²) >= 11 is 0. The van der Waals surface area contributed by atoms with Crippen molar-refractivity contribution in [1.82, 2.24) is 9.55 Å². The van der Waals surface area contributed by atoms with Crippen LogP contribution in [0.2, 0.25) is 0 Å². The average molecular weight is 605 g/mol. The molecule has 45 heavy (non-hydrogen) atoms. The van der Waals surface area contributed by atoms with Crippen molar-refractivity contribution in [3.8, 4) is 22.9 Å². The molecular weight excluding hydrogens is 568 g/mol. The number of imidazole rings is 1. The minimum absolute atomic E-state index is 0.0194. The summed E-state index contributed by atoms with van der Waals surface area (Å²) in [6.45, 7) is 0.342. The van der Waals surface area contributed by atoms with E-state index in [1.165, 1.54) is 0 Å². The van der Waals surface area contributed by atoms with Crippen LogP contribution in [0.25, 0.3) is 22.4 Å². The first kappa shape index (κ1) is 30.6. The molecule has 0 unspecified atom stereocenters. The van der Waals surface area contributed by atoms with Gasteiger partial charge in [0.1, 0.15) is 23.4 Å². The van der Waals surface area contributed by atoms with E-state index in [0.717, 1.165) is 5.69 Å². The number of primary amides is 1. The van der Waals surface area contributed by atoms with Crippen molar-refractivity contribution >= 4 is 40.2 Å². The number of anilines is 2. The number of nitrogens with two attached hydrogens (primary N) is 3. The number of guanidine groups is 1. The van der Waals surface area contributed by atoms with Crippen LogP contribution in [0.5, 0.6) is 11.5 Å². The van der Waals surface area contributed by atoms with Crippen LogP contribution in [-0.4, -0.2) is 48.0 Å². The number of carbonyl (C=O) groups excluding carboxylic acids is 2. The van der Waals surface area contributed by atoms with Crippen molar-refractivity contribution in [2.24, 2.45) is 22.2 Å². The van der Waals surface area contributed by atoms with E-state index in [1.807, 2.05) is 102 Å². The van der Waals surface area contributed by atoms with E-state index in [2.05, 4.69) is 10.3 Å². The lowest BCUT2D eigenvalue weighted by Gasteiger charge is -2.19. The first-order valence-corrected chi connectivity index (χ1v) is 14.5. The Balaban J connectivity index is 1.53. The van der Waals surface area contributed by atoms with E-state index in [1.54, 1.807) is 18.2 Å². The number of ether oxygens (including phenoxy) is 1. The molecule has 0 aliphatic heterocycles. The lowest BCUT2D eigenvalue weighted by molar-refractivity contribution is -0.121.